The molecule has 2 rings (SSSR count). The molecule has 0 unspecified atom stereocenters. The third kappa shape index (κ3) is 2.57. The van der Waals surface area contributed by atoms with E-state index in [1.165, 1.54) is 18.5 Å². The normalized spacial score (nSPS) is 10.3. The molecule has 0 spiro atoms. The maximum atomic E-state index is 11.1. The van der Waals surface area contributed by atoms with Crippen molar-refractivity contribution in [1.29, 1.82) is 0 Å². The number of hydrogen-bond donors (Lipinski definition) is 1. The van der Waals surface area contributed by atoms with Crippen LogP contribution < -0.4 is 4.74 Å². The predicted molar refractivity (Wildman–Crippen MR) is 71.9 cm³/mol. The summed E-state index contributed by atoms with van der Waals surface area (Å²) in [5.74, 6) is -0.0809. The molecular formula is C15H15NO3. The summed E-state index contributed by atoms with van der Waals surface area (Å²) in [5.41, 5.74) is 3.17. The molecule has 0 fully saturated rings. The van der Waals surface area contributed by atoms with Gasteiger partial charge in [-0.3, -0.25) is 4.98 Å². The zero-order chi connectivity index (χ0) is 14.0. The molecule has 1 aromatic heterocycles. The van der Waals surface area contributed by atoms with Gasteiger partial charge in [0, 0.05) is 6.20 Å². The van der Waals surface area contributed by atoms with E-state index in [1.807, 2.05) is 32.9 Å². The Hall–Kier alpha value is -2.36. The van der Waals surface area contributed by atoms with Crippen LogP contribution in [0.1, 0.15) is 27.0 Å². The van der Waals surface area contributed by atoms with Crippen molar-refractivity contribution in [3.63, 3.8) is 0 Å². The summed E-state index contributed by atoms with van der Waals surface area (Å²) in [6, 6.07) is 5.39. The van der Waals surface area contributed by atoms with Crippen LogP contribution in [0.5, 0.6) is 11.5 Å². The monoisotopic (exact) mass is 257 g/mol. The number of ether oxygens (including phenoxy) is 1. The molecule has 0 aliphatic heterocycles. The molecule has 0 bridgehead atoms. The van der Waals surface area contributed by atoms with Gasteiger partial charge in [-0.05, 0) is 43.5 Å². The van der Waals surface area contributed by atoms with Crippen LogP contribution >= 0.6 is 0 Å². The standard InChI is InChI=1S/C15H15NO3/c1-9-4-5-10(2)14(11(9)3)19-13-8-16-7-6-12(13)15(17)18/h4-8H,1-3H3,(H,17,18). The number of aromatic nitrogens is 1. The Morgan fingerprint density at radius 3 is 2.53 bits per heavy atom. The number of carboxylic acid groups (broad SMARTS) is 1. The third-order valence-electron chi connectivity index (χ3n) is 3.10. The summed E-state index contributed by atoms with van der Waals surface area (Å²) >= 11 is 0. The van der Waals surface area contributed by atoms with E-state index in [0.717, 1.165) is 16.7 Å². The molecule has 1 aromatic carbocycles. The Morgan fingerprint density at radius 2 is 1.84 bits per heavy atom. The average Bonchev–Trinajstić information content (AvgIpc) is 2.39. The van der Waals surface area contributed by atoms with E-state index in [9.17, 15) is 4.79 Å². The third-order valence-corrected chi connectivity index (χ3v) is 3.10. The first-order valence-corrected chi connectivity index (χ1v) is 5.92. The van der Waals surface area contributed by atoms with E-state index < -0.39 is 5.97 Å². The molecule has 1 N–H and O–H groups in total. The first-order chi connectivity index (χ1) is 9.00. The van der Waals surface area contributed by atoms with Crippen LogP contribution in [0.2, 0.25) is 0 Å². The second-order valence-corrected chi connectivity index (χ2v) is 4.43. The minimum Gasteiger partial charge on any atom is -0.478 e. The number of nitrogens with zero attached hydrogens (tertiary/aromatic N) is 1. The first-order valence-electron chi connectivity index (χ1n) is 5.92. The van der Waals surface area contributed by atoms with E-state index in [2.05, 4.69) is 4.98 Å². The van der Waals surface area contributed by atoms with Crippen molar-refractivity contribution in [2.75, 3.05) is 0 Å². The molecule has 0 aliphatic rings. The van der Waals surface area contributed by atoms with Crippen molar-refractivity contribution in [2.24, 2.45) is 0 Å². The molecule has 0 radical (unpaired) electrons. The van der Waals surface area contributed by atoms with Crippen LogP contribution in [0.3, 0.4) is 0 Å². The number of aromatic carboxylic acids is 1. The smallest absolute Gasteiger partial charge is 0.339 e. The van der Waals surface area contributed by atoms with E-state index in [1.54, 1.807) is 0 Å². The predicted octanol–water partition coefficient (Wildman–Crippen LogP) is 3.50. The molecule has 4 heteroatoms. The van der Waals surface area contributed by atoms with Crippen molar-refractivity contribution in [2.45, 2.75) is 20.8 Å². The molecule has 0 saturated heterocycles. The van der Waals surface area contributed by atoms with Gasteiger partial charge < -0.3 is 9.84 Å². The van der Waals surface area contributed by atoms with Crippen LogP contribution in [0.15, 0.2) is 30.6 Å². The SMILES string of the molecule is Cc1ccc(C)c(Oc2cnccc2C(=O)O)c1C. The Labute approximate surface area is 111 Å². The van der Waals surface area contributed by atoms with Gasteiger partial charge in [-0.15, -0.1) is 0 Å². The van der Waals surface area contributed by atoms with Gasteiger partial charge in [-0.2, -0.15) is 0 Å². The van der Waals surface area contributed by atoms with Crippen molar-refractivity contribution < 1.29 is 14.6 Å². The van der Waals surface area contributed by atoms with Crippen LogP contribution in [-0.4, -0.2) is 16.1 Å². The Balaban J connectivity index is 2.48. The Bertz CT molecular complexity index is 635. The van der Waals surface area contributed by atoms with Crippen LogP contribution in [0.4, 0.5) is 0 Å². The van der Waals surface area contributed by atoms with Crippen LogP contribution in [-0.2, 0) is 0 Å². The van der Waals surface area contributed by atoms with E-state index >= 15 is 0 Å². The minimum atomic E-state index is -1.03. The number of carbonyl (C=O) groups is 1. The maximum Gasteiger partial charge on any atom is 0.339 e. The average molecular weight is 257 g/mol. The van der Waals surface area contributed by atoms with Gasteiger partial charge in [0.05, 0.1) is 6.20 Å². The highest BCUT2D eigenvalue weighted by molar-refractivity contribution is 5.90. The van der Waals surface area contributed by atoms with Crippen LogP contribution in [0, 0.1) is 20.8 Å². The number of rotatable bonds is 3. The topological polar surface area (TPSA) is 59.4 Å². The van der Waals surface area contributed by atoms with Crippen molar-refractivity contribution >= 4 is 5.97 Å². The van der Waals surface area contributed by atoms with Gasteiger partial charge in [0.25, 0.3) is 0 Å². The molecule has 0 saturated carbocycles. The highest BCUT2D eigenvalue weighted by Gasteiger charge is 2.14. The zero-order valence-electron chi connectivity index (χ0n) is 11.1. The lowest BCUT2D eigenvalue weighted by Gasteiger charge is -2.14. The van der Waals surface area contributed by atoms with Gasteiger partial charge in [-0.25, -0.2) is 4.79 Å². The summed E-state index contributed by atoms with van der Waals surface area (Å²) in [7, 11) is 0. The molecule has 98 valence electrons. The first kappa shape index (κ1) is 13.1. The highest BCUT2D eigenvalue weighted by atomic mass is 16.5. The molecular weight excluding hydrogens is 242 g/mol. The lowest BCUT2D eigenvalue weighted by Crippen LogP contribution is -2.02. The second-order valence-electron chi connectivity index (χ2n) is 4.43. The summed E-state index contributed by atoms with van der Waals surface area (Å²) in [6.07, 6.45) is 2.86. The minimum absolute atomic E-state index is 0.107. The van der Waals surface area contributed by atoms with E-state index in [0.29, 0.717) is 5.75 Å². The molecule has 2 aromatic rings. The molecule has 1 heterocycles. The van der Waals surface area contributed by atoms with Crippen LogP contribution in [0.25, 0.3) is 0 Å². The van der Waals surface area contributed by atoms with Crippen molar-refractivity contribution in [3.05, 3.63) is 52.8 Å². The molecule has 0 atom stereocenters. The van der Waals surface area contributed by atoms with Crippen molar-refractivity contribution in [3.8, 4) is 11.5 Å². The quantitative estimate of drug-likeness (QED) is 0.914. The summed E-state index contributed by atoms with van der Waals surface area (Å²) < 4.78 is 5.77. The molecule has 19 heavy (non-hydrogen) atoms. The lowest BCUT2D eigenvalue weighted by molar-refractivity contribution is 0.0694. The largest absolute Gasteiger partial charge is 0.478 e. The number of pyridine rings is 1. The summed E-state index contributed by atoms with van der Waals surface area (Å²) in [6.45, 7) is 5.87. The fourth-order valence-electron chi connectivity index (χ4n) is 1.83. The van der Waals surface area contributed by atoms with Crippen molar-refractivity contribution in [1.82, 2.24) is 4.98 Å². The number of aryl methyl sites for hydroxylation is 2. The van der Waals surface area contributed by atoms with Gasteiger partial charge in [0.15, 0.2) is 5.75 Å². The fraction of sp³-hybridized carbons (Fsp3) is 0.200. The lowest BCUT2D eigenvalue weighted by atomic mass is 10.1. The fourth-order valence-corrected chi connectivity index (χ4v) is 1.83. The zero-order valence-corrected chi connectivity index (χ0v) is 11.1. The maximum absolute atomic E-state index is 11.1. The van der Waals surface area contributed by atoms with E-state index in [4.69, 9.17) is 9.84 Å². The molecule has 0 amide bonds. The molecule has 4 nitrogen and oxygen atoms in total. The highest BCUT2D eigenvalue weighted by Crippen LogP contribution is 2.31. The number of hydrogen-bond acceptors (Lipinski definition) is 3. The summed E-state index contributed by atoms with van der Waals surface area (Å²) in [4.78, 5) is 15.1. The molecule has 0 aliphatic carbocycles. The van der Waals surface area contributed by atoms with Gasteiger partial charge >= 0.3 is 5.97 Å². The number of carboxylic acids is 1. The Morgan fingerprint density at radius 1 is 1.16 bits per heavy atom. The van der Waals surface area contributed by atoms with Gasteiger partial charge in [0.2, 0.25) is 0 Å². The van der Waals surface area contributed by atoms with E-state index in [-0.39, 0.29) is 11.3 Å². The second kappa shape index (κ2) is 5.10. The van der Waals surface area contributed by atoms with Gasteiger partial charge in [-0.1, -0.05) is 12.1 Å². The number of benzene rings is 1. The summed E-state index contributed by atoms with van der Waals surface area (Å²) in [5, 5.41) is 9.13. The Kier molecular flexibility index (Phi) is 3.51. The van der Waals surface area contributed by atoms with Gasteiger partial charge in [0.1, 0.15) is 11.3 Å².